The lowest BCUT2D eigenvalue weighted by atomic mass is 9.91. The zero-order valence-corrected chi connectivity index (χ0v) is 15.0. The predicted molar refractivity (Wildman–Crippen MR) is 92.2 cm³/mol. The first-order valence-corrected chi connectivity index (χ1v) is 8.16. The van der Waals surface area contributed by atoms with Gasteiger partial charge in [-0.3, -0.25) is 0 Å². The van der Waals surface area contributed by atoms with E-state index in [1.165, 1.54) is 11.6 Å². The fourth-order valence-corrected chi connectivity index (χ4v) is 3.11. The fourth-order valence-electron chi connectivity index (χ4n) is 2.92. The summed E-state index contributed by atoms with van der Waals surface area (Å²) in [5.74, 6) is -0.307. The van der Waals surface area contributed by atoms with Crippen molar-refractivity contribution in [3.05, 3.63) is 40.7 Å². The summed E-state index contributed by atoms with van der Waals surface area (Å²) in [6.45, 7) is 0.968. The number of urea groups is 1. The highest BCUT2D eigenvalue weighted by molar-refractivity contribution is 6.30. The number of nitrogens with zero attached hydrogens (tertiary/aromatic N) is 2. The maximum Gasteiger partial charge on any atom is 0.502 e. The van der Waals surface area contributed by atoms with Crippen molar-refractivity contribution < 1.29 is 23.6 Å². The number of nitrogens with one attached hydrogen (secondary N) is 1. The Kier molecular flexibility index (Phi) is 4.78. The summed E-state index contributed by atoms with van der Waals surface area (Å²) in [7, 11) is 4.65. The van der Waals surface area contributed by atoms with E-state index in [-0.39, 0.29) is 5.91 Å². The van der Waals surface area contributed by atoms with E-state index in [4.69, 9.17) is 21.1 Å². The van der Waals surface area contributed by atoms with Crippen LogP contribution in [0.2, 0.25) is 5.02 Å². The molecule has 3 amide bonds. The lowest BCUT2D eigenvalue weighted by Crippen LogP contribution is -2.51. The number of carbonyl (C=O) groups excluding carboxylic acids is 2. The number of methoxy groups -OCH3 is 1. The van der Waals surface area contributed by atoms with Crippen molar-refractivity contribution in [3.63, 3.8) is 0 Å². The minimum absolute atomic E-state index is 0.294. The molecule has 0 fully saturated rings. The molecular formula is C17H19ClN3O4+. The van der Waals surface area contributed by atoms with Crippen LogP contribution < -0.4 is 5.32 Å². The normalized spacial score (nSPS) is 20.2. The number of halogens is 1. The van der Waals surface area contributed by atoms with Crippen LogP contribution in [0.25, 0.3) is 5.57 Å². The molecule has 1 N–H and O–H groups in total. The molecule has 2 aliphatic heterocycles. The Balaban J connectivity index is 2.11. The lowest BCUT2D eigenvalue weighted by Gasteiger charge is -2.20. The van der Waals surface area contributed by atoms with Crippen molar-refractivity contribution in [1.29, 1.82) is 0 Å². The second-order valence-electron chi connectivity index (χ2n) is 5.78. The molecule has 8 heteroatoms. The number of hydrogen-bond acceptors (Lipinski definition) is 5. The Morgan fingerprint density at radius 2 is 2.16 bits per heavy atom. The number of rotatable bonds is 5. The second-order valence-corrected chi connectivity index (χ2v) is 6.22. The van der Waals surface area contributed by atoms with Crippen LogP contribution in [-0.2, 0) is 14.3 Å². The molecule has 25 heavy (non-hydrogen) atoms. The highest BCUT2D eigenvalue weighted by Crippen LogP contribution is 2.38. The SMILES string of the molecule is COCCNC1=C(c2cccc(Cl)c2)C2C(=O)N(C)C(=O)[N+](C)=C2O1. The van der Waals surface area contributed by atoms with E-state index in [2.05, 4.69) is 5.32 Å². The molecule has 0 aromatic heterocycles. The van der Waals surface area contributed by atoms with Gasteiger partial charge in [-0.05, 0) is 17.7 Å². The smallest absolute Gasteiger partial charge is 0.408 e. The van der Waals surface area contributed by atoms with Crippen LogP contribution in [0, 0.1) is 5.92 Å². The van der Waals surface area contributed by atoms with Gasteiger partial charge in [-0.2, -0.15) is 14.3 Å². The molecule has 7 nitrogen and oxygen atoms in total. The van der Waals surface area contributed by atoms with E-state index in [1.807, 2.05) is 6.07 Å². The van der Waals surface area contributed by atoms with E-state index in [9.17, 15) is 9.59 Å². The summed E-state index contributed by atoms with van der Waals surface area (Å²) in [5.41, 5.74) is 1.42. The maximum atomic E-state index is 12.8. The van der Waals surface area contributed by atoms with Gasteiger partial charge in [0.2, 0.25) is 5.88 Å². The van der Waals surface area contributed by atoms with Crippen LogP contribution in [0.1, 0.15) is 5.56 Å². The van der Waals surface area contributed by atoms with E-state index in [0.717, 1.165) is 10.5 Å². The molecule has 0 radical (unpaired) electrons. The average Bonchev–Trinajstić information content (AvgIpc) is 2.98. The molecule has 0 saturated carbocycles. The maximum absolute atomic E-state index is 12.8. The van der Waals surface area contributed by atoms with Gasteiger partial charge < -0.3 is 14.8 Å². The summed E-state index contributed by atoms with van der Waals surface area (Å²) in [4.78, 5) is 26.1. The summed E-state index contributed by atoms with van der Waals surface area (Å²) in [6, 6.07) is 6.76. The van der Waals surface area contributed by atoms with Crippen molar-refractivity contribution in [3.8, 4) is 0 Å². The molecule has 1 unspecified atom stereocenters. The highest BCUT2D eigenvalue weighted by atomic mass is 35.5. The quantitative estimate of drug-likeness (QED) is 0.633. The predicted octanol–water partition coefficient (Wildman–Crippen LogP) is 1.52. The summed E-state index contributed by atoms with van der Waals surface area (Å²) >= 11 is 6.12. The third-order valence-corrected chi connectivity index (χ3v) is 4.43. The van der Waals surface area contributed by atoms with Gasteiger partial charge in [0.05, 0.1) is 20.7 Å². The molecule has 2 heterocycles. The Bertz CT molecular complexity index is 803. The Hall–Kier alpha value is -2.38. The van der Waals surface area contributed by atoms with Crippen LogP contribution in [0.5, 0.6) is 0 Å². The van der Waals surface area contributed by atoms with Gasteiger partial charge in [0, 0.05) is 24.3 Å². The molecule has 132 valence electrons. The minimum atomic E-state index is -0.698. The lowest BCUT2D eigenvalue weighted by molar-refractivity contribution is -0.416. The van der Waals surface area contributed by atoms with E-state index in [0.29, 0.717) is 35.5 Å². The van der Waals surface area contributed by atoms with Crippen LogP contribution in [0.3, 0.4) is 0 Å². The van der Waals surface area contributed by atoms with Gasteiger partial charge in [0.25, 0.3) is 5.90 Å². The fraction of sp³-hybridized carbons (Fsp3) is 0.353. The molecule has 2 aliphatic rings. The number of imide groups is 1. The van der Waals surface area contributed by atoms with Crippen molar-refractivity contribution in [2.45, 2.75) is 0 Å². The van der Waals surface area contributed by atoms with Gasteiger partial charge in [-0.15, -0.1) is 0 Å². The third kappa shape index (κ3) is 3.01. The van der Waals surface area contributed by atoms with E-state index >= 15 is 0 Å². The number of benzene rings is 1. The zero-order valence-electron chi connectivity index (χ0n) is 14.2. The van der Waals surface area contributed by atoms with Crippen LogP contribution in [0.4, 0.5) is 4.79 Å². The van der Waals surface area contributed by atoms with E-state index in [1.54, 1.807) is 32.4 Å². The van der Waals surface area contributed by atoms with Crippen LogP contribution in [-0.4, -0.2) is 61.7 Å². The van der Waals surface area contributed by atoms with Crippen molar-refractivity contribution >= 4 is 35.0 Å². The molecule has 0 bridgehead atoms. The first kappa shape index (κ1) is 17.4. The summed E-state index contributed by atoms with van der Waals surface area (Å²) < 4.78 is 12.3. The van der Waals surface area contributed by atoms with Gasteiger partial charge in [-0.25, -0.2) is 4.79 Å². The van der Waals surface area contributed by atoms with Crippen LogP contribution in [0.15, 0.2) is 30.1 Å². The number of ether oxygens (including phenoxy) is 2. The molecule has 0 saturated heterocycles. The minimum Gasteiger partial charge on any atom is -0.408 e. The Morgan fingerprint density at radius 1 is 1.40 bits per heavy atom. The summed E-state index contributed by atoms with van der Waals surface area (Å²) in [5, 5.41) is 3.69. The summed E-state index contributed by atoms with van der Waals surface area (Å²) in [6.07, 6.45) is 0. The number of fused-ring (bicyclic) bond motifs is 1. The van der Waals surface area contributed by atoms with Gasteiger partial charge in [0.1, 0.15) is 0 Å². The monoisotopic (exact) mass is 364 g/mol. The largest absolute Gasteiger partial charge is 0.502 e. The van der Waals surface area contributed by atoms with Crippen molar-refractivity contribution in [2.75, 3.05) is 34.4 Å². The number of hydrogen-bond donors (Lipinski definition) is 1. The van der Waals surface area contributed by atoms with E-state index < -0.39 is 11.9 Å². The third-order valence-electron chi connectivity index (χ3n) is 4.20. The van der Waals surface area contributed by atoms with Crippen molar-refractivity contribution in [2.24, 2.45) is 5.92 Å². The average molecular weight is 365 g/mol. The molecule has 1 aromatic carbocycles. The zero-order chi connectivity index (χ0) is 18.1. The Labute approximate surface area is 150 Å². The number of amides is 3. The molecule has 1 atom stereocenters. The first-order chi connectivity index (χ1) is 12.0. The second kappa shape index (κ2) is 6.85. The first-order valence-electron chi connectivity index (χ1n) is 7.78. The molecule has 3 rings (SSSR count). The Morgan fingerprint density at radius 3 is 2.84 bits per heavy atom. The van der Waals surface area contributed by atoms with Gasteiger partial charge in [0.15, 0.2) is 5.92 Å². The molecule has 0 aliphatic carbocycles. The van der Waals surface area contributed by atoms with Gasteiger partial charge >= 0.3 is 11.9 Å². The highest BCUT2D eigenvalue weighted by Gasteiger charge is 2.53. The molecular weight excluding hydrogens is 346 g/mol. The number of carbonyl (C=O) groups is 2. The standard InChI is InChI=1S/C17H19ClN3O4/c1-20-15(22)13-12(10-5-4-6-11(18)9-10)14(19-7-8-24-3)25-16(13)21(2)17(20)23/h4-6,9,13,19H,7-8H2,1-3H3/q+1. The topological polar surface area (TPSA) is 70.9 Å². The molecule has 0 spiro atoms. The van der Waals surface area contributed by atoms with Crippen molar-refractivity contribution in [1.82, 2.24) is 10.2 Å². The molecule has 1 aromatic rings. The van der Waals surface area contributed by atoms with Gasteiger partial charge in [-0.1, -0.05) is 23.7 Å². The van der Waals surface area contributed by atoms with Crippen LogP contribution >= 0.6 is 11.6 Å².